The molecular weight excluding hydrogens is 220 g/mol. The van der Waals surface area contributed by atoms with Crippen molar-refractivity contribution in [3.63, 3.8) is 0 Å². The number of hydrogen-bond acceptors (Lipinski definition) is 2. The van der Waals surface area contributed by atoms with E-state index in [0.717, 1.165) is 16.8 Å². The lowest BCUT2D eigenvalue weighted by atomic mass is 10.1. The highest BCUT2D eigenvalue weighted by Crippen LogP contribution is 2.23. The van der Waals surface area contributed by atoms with Gasteiger partial charge in [0, 0.05) is 23.5 Å². The minimum Gasteiger partial charge on any atom is -0.254 e. The van der Waals surface area contributed by atoms with Crippen molar-refractivity contribution in [2.75, 3.05) is 0 Å². The molecule has 0 aromatic carbocycles. The van der Waals surface area contributed by atoms with Crippen molar-refractivity contribution in [1.29, 1.82) is 0 Å². The summed E-state index contributed by atoms with van der Waals surface area (Å²) in [6.07, 6.45) is 10.1. The first-order valence-electron chi connectivity index (χ1n) is 5.50. The molecule has 1 rings (SSSR count). The molecule has 0 saturated heterocycles. The third-order valence-corrected chi connectivity index (χ3v) is 2.31. The van der Waals surface area contributed by atoms with E-state index in [1.807, 2.05) is 12.1 Å². The van der Waals surface area contributed by atoms with Crippen LogP contribution in [0.1, 0.15) is 11.3 Å². The molecule has 2 nitrogen and oxygen atoms in total. The van der Waals surface area contributed by atoms with Crippen LogP contribution in [0.5, 0.6) is 0 Å². The monoisotopic (exact) mass is 236 g/mol. The lowest BCUT2D eigenvalue weighted by molar-refractivity contribution is 1.24. The average Bonchev–Trinajstić information content (AvgIpc) is 2.43. The molecule has 0 radical (unpaired) electrons. The number of nitrogens with zero attached hydrogens (tertiary/aromatic N) is 2. The van der Waals surface area contributed by atoms with E-state index >= 15 is 0 Å². The van der Waals surface area contributed by atoms with E-state index in [2.05, 4.69) is 36.3 Å². The smallest absolute Gasteiger partial charge is 0.0964 e. The summed E-state index contributed by atoms with van der Waals surface area (Å²) in [5.74, 6) is 0. The van der Waals surface area contributed by atoms with Gasteiger partial charge in [0.1, 0.15) is 0 Å². The van der Waals surface area contributed by atoms with Crippen LogP contribution < -0.4 is 0 Å². The summed E-state index contributed by atoms with van der Waals surface area (Å²) in [5.41, 5.74) is 3.18. The molecule has 0 bridgehead atoms. The van der Waals surface area contributed by atoms with Crippen molar-refractivity contribution in [1.82, 2.24) is 4.98 Å². The van der Waals surface area contributed by atoms with Crippen molar-refractivity contribution in [3.8, 4) is 0 Å². The van der Waals surface area contributed by atoms with E-state index in [-0.39, 0.29) is 0 Å². The van der Waals surface area contributed by atoms with Gasteiger partial charge < -0.3 is 0 Å². The Bertz CT molecular complexity index is 524. The second-order valence-electron chi connectivity index (χ2n) is 3.37. The molecule has 0 unspecified atom stereocenters. The van der Waals surface area contributed by atoms with Crippen LogP contribution in [0.25, 0.3) is 11.8 Å². The first-order valence-corrected chi connectivity index (χ1v) is 5.50. The fourth-order valence-corrected chi connectivity index (χ4v) is 1.46. The van der Waals surface area contributed by atoms with Gasteiger partial charge in [0.15, 0.2) is 0 Å². The van der Waals surface area contributed by atoms with Crippen molar-refractivity contribution >= 4 is 18.0 Å². The van der Waals surface area contributed by atoms with Gasteiger partial charge in [0.05, 0.1) is 11.4 Å². The van der Waals surface area contributed by atoms with Gasteiger partial charge in [-0.15, -0.1) is 0 Å². The van der Waals surface area contributed by atoms with Crippen molar-refractivity contribution in [3.05, 3.63) is 79.7 Å². The molecule has 1 aromatic heterocycles. The van der Waals surface area contributed by atoms with E-state index in [1.165, 1.54) is 0 Å². The topological polar surface area (TPSA) is 25.2 Å². The molecule has 0 fully saturated rings. The largest absolute Gasteiger partial charge is 0.254 e. The van der Waals surface area contributed by atoms with Gasteiger partial charge >= 0.3 is 0 Å². The van der Waals surface area contributed by atoms with Gasteiger partial charge in [-0.05, 0) is 6.07 Å². The zero-order valence-electron chi connectivity index (χ0n) is 10.3. The third-order valence-electron chi connectivity index (χ3n) is 2.31. The Morgan fingerprint density at radius 2 is 1.89 bits per heavy atom. The molecule has 1 aromatic rings. The summed E-state index contributed by atoms with van der Waals surface area (Å²) >= 11 is 0. The third kappa shape index (κ3) is 3.01. The standard InChI is InChI=1S/C16H16N2/c1-5-11-17-15(13(6-2)7-3)16-14(8-4)10-9-12-18-16/h5-12H,1-4H2. The van der Waals surface area contributed by atoms with E-state index < -0.39 is 0 Å². The molecule has 0 aliphatic carbocycles. The van der Waals surface area contributed by atoms with Crippen LogP contribution in [-0.2, 0) is 0 Å². The van der Waals surface area contributed by atoms with E-state index in [0.29, 0.717) is 5.70 Å². The lowest BCUT2D eigenvalue weighted by Crippen LogP contribution is -1.94. The predicted molar refractivity (Wildman–Crippen MR) is 80.3 cm³/mol. The fourth-order valence-electron chi connectivity index (χ4n) is 1.46. The SMILES string of the molecule is C=CC=NC(=C(C=C)C=C)c1ncccc1C=C. The van der Waals surface area contributed by atoms with Crippen LogP contribution in [0, 0.1) is 0 Å². The first-order chi connectivity index (χ1) is 8.78. The van der Waals surface area contributed by atoms with Gasteiger partial charge in [-0.3, -0.25) is 9.98 Å². The Hall–Kier alpha value is -2.48. The Kier molecular flexibility index (Phi) is 5.26. The first kappa shape index (κ1) is 13.6. The minimum absolute atomic E-state index is 0.704. The molecule has 0 aliphatic rings. The Balaban J connectivity index is 3.52. The summed E-state index contributed by atoms with van der Waals surface area (Å²) in [6, 6.07) is 3.79. The van der Waals surface area contributed by atoms with Crippen LogP contribution in [0.2, 0.25) is 0 Å². The van der Waals surface area contributed by atoms with Gasteiger partial charge in [-0.25, -0.2) is 0 Å². The maximum atomic E-state index is 4.35. The van der Waals surface area contributed by atoms with Crippen molar-refractivity contribution in [2.45, 2.75) is 0 Å². The van der Waals surface area contributed by atoms with E-state index in [4.69, 9.17) is 0 Å². The van der Waals surface area contributed by atoms with Gasteiger partial charge in [-0.2, -0.15) is 0 Å². The lowest BCUT2D eigenvalue weighted by Gasteiger charge is -2.07. The van der Waals surface area contributed by atoms with E-state index in [1.54, 1.807) is 36.7 Å². The maximum Gasteiger partial charge on any atom is 0.0964 e. The van der Waals surface area contributed by atoms with Gasteiger partial charge in [0.2, 0.25) is 0 Å². The Morgan fingerprint density at radius 3 is 2.44 bits per heavy atom. The van der Waals surface area contributed by atoms with Crippen LogP contribution in [0.4, 0.5) is 0 Å². The number of rotatable bonds is 6. The van der Waals surface area contributed by atoms with Gasteiger partial charge in [-0.1, -0.05) is 56.7 Å². The number of pyridine rings is 1. The number of aliphatic imine (C=N–C) groups is 1. The quantitative estimate of drug-likeness (QED) is 0.540. The molecule has 0 aliphatic heterocycles. The average molecular weight is 236 g/mol. The molecule has 18 heavy (non-hydrogen) atoms. The molecular formula is C16H16N2. The molecule has 2 heteroatoms. The highest BCUT2D eigenvalue weighted by molar-refractivity contribution is 5.83. The summed E-state index contributed by atoms with van der Waals surface area (Å²) < 4.78 is 0. The van der Waals surface area contributed by atoms with E-state index in [9.17, 15) is 0 Å². The van der Waals surface area contributed by atoms with Crippen LogP contribution in [0.15, 0.2) is 73.4 Å². The molecule has 1 heterocycles. The number of hydrogen-bond donors (Lipinski definition) is 0. The zero-order chi connectivity index (χ0) is 13.4. The molecule has 0 N–H and O–H groups in total. The second kappa shape index (κ2) is 6.97. The summed E-state index contributed by atoms with van der Waals surface area (Å²) in [6.45, 7) is 14.9. The summed E-state index contributed by atoms with van der Waals surface area (Å²) in [5, 5.41) is 0. The fraction of sp³-hybridized carbons (Fsp3) is 0. The molecule has 0 atom stereocenters. The Labute approximate surface area is 108 Å². The molecule has 90 valence electrons. The normalized spacial score (nSPS) is 9.78. The summed E-state index contributed by atoms with van der Waals surface area (Å²) in [7, 11) is 0. The summed E-state index contributed by atoms with van der Waals surface area (Å²) in [4.78, 5) is 8.69. The predicted octanol–water partition coefficient (Wildman–Crippen LogP) is 4.06. The Morgan fingerprint density at radius 1 is 1.17 bits per heavy atom. The highest BCUT2D eigenvalue weighted by atomic mass is 14.8. The van der Waals surface area contributed by atoms with Crippen molar-refractivity contribution in [2.24, 2.45) is 4.99 Å². The highest BCUT2D eigenvalue weighted by Gasteiger charge is 2.08. The zero-order valence-corrected chi connectivity index (χ0v) is 10.3. The number of allylic oxidation sites excluding steroid dienone is 4. The van der Waals surface area contributed by atoms with Crippen LogP contribution >= 0.6 is 0 Å². The molecule has 0 saturated carbocycles. The van der Waals surface area contributed by atoms with Crippen LogP contribution in [-0.4, -0.2) is 11.2 Å². The van der Waals surface area contributed by atoms with Gasteiger partial charge in [0.25, 0.3) is 0 Å². The minimum atomic E-state index is 0.704. The van der Waals surface area contributed by atoms with Crippen LogP contribution in [0.3, 0.4) is 0 Å². The number of aromatic nitrogens is 1. The maximum absolute atomic E-state index is 4.35. The molecule has 0 spiro atoms. The molecule has 0 amide bonds. The van der Waals surface area contributed by atoms with Crippen molar-refractivity contribution < 1.29 is 0 Å². The second-order valence-corrected chi connectivity index (χ2v) is 3.37.